The maximum atomic E-state index is 13.3. The van der Waals surface area contributed by atoms with E-state index in [9.17, 15) is 4.79 Å². The number of hydrogen-bond donors (Lipinski definition) is 0. The van der Waals surface area contributed by atoms with E-state index in [1.165, 1.54) is 12.0 Å². The van der Waals surface area contributed by atoms with Crippen molar-refractivity contribution in [1.82, 2.24) is 19.7 Å². The molecule has 5 heteroatoms. The number of aromatic nitrogens is 3. The molecule has 3 heterocycles. The fourth-order valence-electron chi connectivity index (χ4n) is 5.00. The Hall–Kier alpha value is -2.69. The van der Waals surface area contributed by atoms with Gasteiger partial charge in [-0.25, -0.2) is 0 Å². The molecular formula is C21H22N4O. The van der Waals surface area contributed by atoms with Crippen molar-refractivity contribution in [2.24, 2.45) is 13.0 Å². The third-order valence-electron chi connectivity index (χ3n) is 6.35. The Morgan fingerprint density at radius 1 is 1.23 bits per heavy atom. The van der Waals surface area contributed by atoms with Crippen LogP contribution in [0, 0.1) is 5.92 Å². The van der Waals surface area contributed by atoms with Crippen molar-refractivity contribution in [3.05, 3.63) is 60.0 Å². The third-order valence-corrected chi connectivity index (χ3v) is 6.35. The number of carbonyl (C=O) groups excluding carboxylic acids is 1. The van der Waals surface area contributed by atoms with Crippen molar-refractivity contribution in [2.45, 2.75) is 31.2 Å². The summed E-state index contributed by atoms with van der Waals surface area (Å²) in [6.45, 7) is 0.836. The molecular weight excluding hydrogens is 324 g/mol. The number of amides is 1. The monoisotopic (exact) mass is 346 g/mol. The van der Waals surface area contributed by atoms with E-state index in [4.69, 9.17) is 0 Å². The summed E-state index contributed by atoms with van der Waals surface area (Å²) in [4.78, 5) is 19.7. The van der Waals surface area contributed by atoms with Gasteiger partial charge < -0.3 is 4.90 Å². The maximum absolute atomic E-state index is 13.3. The number of pyridine rings is 1. The number of likely N-dealkylation sites (tertiary alicyclic amines) is 1. The summed E-state index contributed by atoms with van der Waals surface area (Å²) in [6, 6.07) is 12.2. The summed E-state index contributed by atoms with van der Waals surface area (Å²) >= 11 is 0. The minimum Gasteiger partial charge on any atom is -0.332 e. The van der Waals surface area contributed by atoms with Gasteiger partial charge in [0, 0.05) is 31.4 Å². The highest BCUT2D eigenvalue weighted by molar-refractivity contribution is 5.88. The van der Waals surface area contributed by atoms with Crippen LogP contribution in [0.1, 0.15) is 30.5 Å². The minimum absolute atomic E-state index is 0.143. The van der Waals surface area contributed by atoms with Crippen LogP contribution in [-0.4, -0.2) is 32.1 Å². The van der Waals surface area contributed by atoms with E-state index in [0.29, 0.717) is 12.3 Å². The van der Waals surface area contributed by atoms with Gasteiger partial charge in [0.25, 0.3) is 0 Å². The van der Waals surface area contributed by atoms with Crippen LogP contribution in [0.15, 0.2) is 48.8 Å². The molecule has 5 nitrogen and oxygen atoms in total. The van der Waals surface area contributed by atoms with Gasteiger partial charge in [-0.3, -0.25) is 14.5 Å². The number of nitrogens with zero attached hydrogens (tertiary/aromatic N) is 4. The fraction of sp³-hybridized carbons (Fsp3) is 0.381. The summed E-state index contributed by atoms with van der Waals surface area (Å²) in [6.07, 6.45) is 7.42. The zero-order valence-corrected chi connectivity index (χ0v) is 14.9. The second-order valence-corrected chi connectivity index (χ2v) is 7.50. The summed E-state index contributed by atoms with van der Waals surface area (Å²) < 4.78 is 1.87. The second kappa shape index (κ2) is 5.66. The van der Waals surface area contributed by atoms with Crippen LogP contribution in [0.3, 0.4) is 0 Å². The normalized spacial score (nSPS) is 24.5. The predicted molar refractivity (Wildman–Crippen MR) is 99.4 cm³/mol. The predicted octanol–water partition coefficient (Wildman–Crippen LogP) is 3.05. The Morgan fingerprint density at radius 3 is 2.88 bits per heavy atom. The molecule has 1 saturated carbocycles. The molecule has 1 saturated heterocycles. The first kappa shape index (κ1) is 15.6. The van der Waals surface area contributed by atoms with Crippen LogP contribution in [0.5, 0.6) is 0 Å². The number of fused-ring (bicyclic) bond motifs is 2. The summed E-state index contributed by atoms with van der Waals surface area (Å²) in [5.41, 5.74) is 2.99. The lowest BCUT2D eigenvalue weighted by atomic mass is 9.64. The summed E-state index contributed by atoms with van der Waals surface area (Å²) in [5, 5.41) is 5.69. The van der Waals surface area contributed by atoms with Crippen LogP contribution < -0.4 is 0 Å². The number of benzene rings is 1. The second-order valence-electron chi connectivity index (χ2n) is 7.50. The highest BCUT2D eigenvalue weighted by Gasteiger charge is 2.57. The van der Waals surface area contributed by atoms with Gasteiger partial charge in [0.1, 0.15) is 0 Å². The zero-order chi connectivity index (χ0) is 17.7. The SMILES string of the molecule is Cn1nc(CC(=O)N2CC[C@@H]3CC[C@@]32c2cccnc2)c2ccccc21. The Balaban J connectivity index is 1.48. The average Bonchev–Trinajstić information content (AvgIpc) is 3.10. The molecule has 0 bridgehead atoms. The fourth-order valence-corrected chi connectivity index (χ4v) is 5.00. The molecule has 1 amide bonds. The zero-order valence-electron chi connectivity index (χ0n) is 14.9. The lowest BCUT2D eigenvalue weighted by Gasteiger charge is -2.50. The van der Waals surface area contributed by atoms with Crippen LogP contribution >= 0.6 is 0 Å². The standard InChI is InChI=1S/C21H22N4O/c1-24-19-7-3-2-6-17(19)18(23-24)13-20(26)25-12-9-15-8-10-21(15,25)16-5-4-11-22-14-16/h2-7,11,14-15H,8-10,12-13H2,1H3/t15-,21-/m0/s1. The molecule has 0 radical (unpaired) electrons. The van der Waals surface area contributed by atoms with Crippen LogP contribution in [-0.2, 0) is 23.8 Å². The largest absolute Gasteiger partial charge is 0.332 e. The molecule has 132 valence electrons. The van der Waals surface area contributed by atoms with E-state index in [1.54, 1.807) is 6.20 Å². The van der Waals surface area contributed by atoms with E-state index < -0.39 is 0 Å². The van der Waals surface area contributed by atoms with Gasteiger partial charge >= 0.3 is 0 Å². The van der Waals surface area contributed by atoms with Crippen molar-refractivity contribution < 1.29 is 4.79 Å². The molecule has 5 rings (SSSR count). The van der Waals surface area contributed by atoms with Gasteiger partial charge in [-0.15, -0.1) is 0 Å². The van der Waals surface area contributed by atoms with E-state index in [0.717, 1.165) is 36.0 Å². The van der Waals surface area contributed by atoms with Crippen LogP contribution in [0.25, 0.3) is 10.9 Å². The van der Waals surface area contributed by atoms with Gasteiger partial charge in [0.15, 0.2) is 0 Å². The Morgan fingerprint density at radius 2 is 2.12 bits per heavy atom. The van der Waals surface area contributed by atoms with E-state index in [-0.39, 0.29) is 11.4 Å². The van der Waals surface area contributed by atoms with E-state index in [1.807, 2.05) is 42.2 Å². The topological polar surface area (TPSA) is 51.0 Å². The molecule has 26 heavy (non-hydrogen) atoms. The average molecular weight is 346 g/mol. The van der Waals surface area contributed by atoms with Gasteiger partial charge in [0.05, 0.1) is 23.2 Å². The van der Waals surface area contributed by atoms with E-state index >= 15 is 0 Å². The van der Waals surface area contributed by atoms with Gasteiger partial charge in [-0.05, 0) is 42.9 Å². The molecule has 1 aromatic carbocycles. The number of carbonyl (C=O) groups is 1. The lowest BCUT2D eigenvalue weighted by Crippen LogP contribution is -2.54. The molecule has 3 aromatic rings. The molecule has 0 unspecified atom stereocenters. The van der Waals surface area contributed by atoms with Crippen molar-refractivity contribution in [3.8, 4) is 0 Å². The van der Waals surface area contributed by atoms with E-state index in [2.05, 4.69) is 27.1 Å². The Labute approximate surface area is 152 Å². The lowest BCUT2D eigenvalue weighted by molar-refractivity contribution is -0.139. The van der Waals surface area contributed by atoms with Crippen molar-refractivity contribution >= 4 is 16.8 Å². The number of aryl methyl sites for hydroxylation is 1. The molecule has 2 fully saturated rings. The van der Waals surface area contributed by atoms with Crippen molar-refractivity contribution in [1.29, 1.82) is 0 Å². The highest BCUT2D eigenvalue weighted by Crippen LogP contribution is 2.56. The minimum atomic E-state index is -0.143. The molecule has 1 aliphatic carbocycles. The number of rotatable bonds is 3. The Kier molecular flexibility index (Phi) is 3.39. The number of hydrogen-bond acceptors (Lipinski definition) is 3. The first-order valence-electron chi connectivity index (χ1n) is 9.32. The molecule has 1 aliphatic heterocycles. The van der Waals surface area contributed by atoms with Gasteiger partial charge in [0.2, 0.25) is 5.91 Å². The highest BCUT2D eigenvalue weighted by atomic mass is 16.2. The smallest absolute Gasteiger partial charge is 0.229 e. The van der Waals surface area contributed by atoms with Gasteiger partial charge in [-0.2, -0.15) is 5.10 Å². The van der Waals surface area contributed by atoms with Crippen LogP contribution in [0.2, 0.25) is 0 Å². The molecule has 0 N–H and O–H groups in total. The maximum Gasteiger partial charge on any atom is 0.229 e. The van der Waals surface area contributed by atoms with Gasteiger partial charge in [-0.1, -0.05) is 24.3 Å². The van der Waals surface area contributed by atoms with Crippen molar-refractivity contribution in [3.63, 3.8) is 0 Å². The molecule has 2 aromatic heterocycles. The summed E-state index contributed by atoms with van der Waals surface area (Å²) in [7, 11) is 1.94. The Bertz CT molecular complexity index is 980. The van der Waals surface area contributed by atoms with Crippen LogP contribution in [0.4, 0.5) is 0 Å². The first-order chi connectivity index (χ1) is 12.7. The third kappa shape index (κ3) is 2.06. The summed E-state index contributed by atoms with van der Waals surface area (Å²) in [5.74, 6) is 0.746. The molecule has 2 aliphatic rings. The molecule has 0 spiro atoms. The quantitative estimate of drug-likeness (QED) is 0.732. The molecule has 2 atom stereocenters. The number of para-hydroxylation sites is 1. The first-order valence-corrected chi connectivity index (χ1v) is 9.32. The van der Waals surface area contributed by atoms with Crippen molar-refractivity contribution in [2.75, 3.05) is 6.54 Å².